The van der Waals surface area contributed by atoms with Crippen LogP contribution in [0.5, 0.6) is 0 Å². The molecule has 2 rings (SSSR count). The van der Waals surface area contributed by atoms with Crippen molar-refractivity contribution in [1.82, 2.24) is 14.4 Å². The second-order valence-corrected chi connectivity index (χ2v) is 2.26. The van der Waals surface area contributed by atoms with E-state index in [0.29, 0.717) is 5.65 Å². The van der Waals surface area contributed by atoms with Crippen LogP contribution in [0, 0.1) is 0 Å². The van der Waals surface area contributed by atoms with Crippen LogP contribution in [-0.4, -0.2) is 14.4 Å². The van der Waals surface area contributed by atoms with Gasteiger partial charge in [0.15, 0.2) is 0 Å². The van der Waals surface area contributed by atoms with E-state index in [0.717, 1.165) is 4.40 Å². The van der Waals surface area contributed by atoms with Crippen LogP contribution < -0.4 is 11.2 Å². The summed E-state index contributed by atoms with van der Waals surface area (Å²) in [5.74, 6) is 0. The number of nitrogens with zero attached hydrogens (tertiary/aromatic N) is 2. The Morgan fingerprint density at radius 1 is 1.33 bits per heavy atom. The molecular weight excluding hydrogens is 158 g/mol. The zero-order chi connectivity index (χ0) is 8.55. The van der Waals surface area contributed by atoms with Gasteiger partial charge in [-0.3, -0.25) is 4.79 Å². The van der Waals surface area contributed by atoms with Crippen molar-refractivity contribution in [2.75, 3.05) is 0 Å². The molecule has 0 amide bonds. The van der Waals surface area contributed by atoms with Crippen molar-refractivity contribution < 1.29 is 0 Å². The van der Waals surface area contributed by atoms with E-state index in [1.165, 1.54) is 18.5 Å². The third-order valence-electron chi connectivity index (χ3n) is 1.52. The van der Waals surface area contributed by atoms with Crippen molar-refractivity contribution in [1.29, 1.82) is 0 Å². The molecule has 5 heteroatoms. The second kappa shape index (κ2) is 2.30. The Balaban J connectivity index is 3.18. The lowest BCUT2D eigenvalue weighted by Gasteiger charge is -1.94. The van der Waals surface area contributed by atoms with Gasteiger partial charge in [0, 0.05) is 18.5 Å². The van der Waals surface area contributed by atoms with Crippen molar-refractivity contribution in [3.8, 4) is 0 Å². The van der Waals surface area contributed by atoms with Gasteiger partial charge in [-0.1, -0.05) is 0 Å². The summed E-state index contributed by atoms with van der Waals surface area (Å²) in [5, 5.41) is 0. The van der Waals surface area contributed by atoms with Gasteiger partial charge in [0.05, 0.1) is 0 Å². The Bertz CT molecular complexity index is 481. The van der Waals surface area contributed by atoms with Crippen molar-refractivity contribution in [2.45, 2.75) is 0 Å². The summed E-state index contributed by atoms with van der Waals surface area (Å²) in [6.45, 7) is 0. The summed E-state index contributed by atoms with van der Waals surface area (Å²) in [6.07, 6.45) is 2.82. The van der Waals surface area contributed by atoms with Gasteiger partial charge in [-0.2, -0.15) is 0 Å². The maximum atomic E-state index is 11.1. The lowest BCUT2D eigenvalue weighted by atomic mass is 10.5. The van der Waals surface area contributed by atoms with Crippen LogP contribution in [-0.2, 0) is 0 Å². The van der Waals surface area contributed by atoms with Crippen LogP contribution in [0.2, 0.25) is 0 Å². The SMILES string of the molecule is O=c1ccnc2cc[nH]c(=O)n12. The average molecular weight is 163 g/mol. The van der Waals surface area contributed by atoms with E-state index in [1.54, 1.807) is 6.07 Å². The molecule has 0 aromatic carbocycles. The third kappa shape index (κ3) is 0.833. The van der Waals surface area contributed by atoms with Gasteiger partial charge in [-0.15, -0.1) is 0 Å². The highest BCUT2D eigenvalue weighted by atomic mass is 16.2. The quantitative estimate of drug-likeness (QED) is 0.563. The van der Waals surface area contributed by atoms with E-state index < -0.39 is 5.69 Å². The zero-order valence-electron chi connectivity index (χ0n) is 6.02. The molecule has 0 aliphatic rings. The molecule has 0 spiro atoms. The smallest absolute Gasteiger partial charge is 0.314 e. The van der Waals surface area contributed by atoms with Crippen molar-refractivity contribution in [3.63, 3.8) is 0 Å². The number of aromatic nitrogens is 3. The Kier molecular flexibility index (Phi) is 1.30. The molecule has 2 aromatic rings. The van der Waals surface area contributed by atoms with Crippen LogP contribution in [0.25, 0.3) is 5.65 Å². The first-order chi connectivity index (χ1) is 5.79. The highest BCUT2D eigenvalue weighted by Crippen LogP contribution is 1.85. The Hall–Kier alpha value is -1.91. The van der Waals surface area contributed by atoms with Crippen molar-refractivity contribution >= 4 is 5.65 Å². The first kappa shape index (κ1) is 6.78. The van der Waals surface area contributed by atoms with Crippen LogP contribution in [0.15, 0.2) is 34.1 Å². The Labute approximate surface area is 66.3 Å². The zero-order valence-corrected chi connectivity index (χ0v) is 6.02. The summed E-state index contributed by atoms with van der Waals surface area (Å²) in [6, 6.07) is 2.80. The van der Waals surface area contributed by atoms with E-state index in [4.69, 9.17) is 0 Å². The highest BCUT2D eigenvalue weighted by molar-refractivity contribution is 5.34. The molecule has 0 aliphatic heterocycles. The predicted molar refractivity (Wildman–Crippen MR) is 42.1 cm³/mol. The molecule has 0 unspecified atom stereocenters. The number of hydrogen-bond acceptors (Lipinski definition) is 3. The maximum Gasteiger partial charge on any atom is 0.334 e. The molecule has 1 N–H and O–H groups in total. The third-order valence-corrected chi connectivity index (χ3v) is 1.52. The molecule has 0 aliphatic carbocycles. The van der Waals surface area contributed by atoms with Gasteiger partial charge < -0.3 is 4.98 Å². The van der Waals surface area contributed by atoms with E-state index in [2.05, 4.69) is 9.97 Å². The van der Waals surface area contributed by atoms with Crippen LogP contribution in [0.4, 0.5) is 0 Å². The molecule has 5 nitrogen and oxygen atoms in total. The van der Waals surface area contributed by atoms with Gasteiger partial charge in [0.2, 0.25) is 0 Å². The fourth-order valence-corrected chi connectivity index (χ4v) is 0.996. The fourth-order valence-electron chi connectivity index (χ4n) is 0.996. The Morgan fingerprint density at radius 3 is 2.92 bits per heavy atom. The van der Waals surface area contributed by atoms with E-state index in [-0.39, 0.29) is 5.56 Å². The molecule has 0 radical (unpaired) electrons. The Morgan fingerprint density at radius 2 is 2.17 bits per heavy atom. The van der Waals surface area contributed by atoms with Gasteiger partial charge in [-0.05, 0) is 6.07 Å². The largest absolute Gasteiger partial charge is 0.334 e. The normalized spacial score (nSPS) is 10.3. The fraction of sp³-hybridized carbons (Fsp3) is 0. The van der Waals surface area contributed by atoms with Gasteiger partial charge in [0.25, 0.3) is 5.56 Å². The molecule has 2 heterocycles. The minimum Gasteiger partial charge on any atom is -0.314 e. The summed E-state index contributed by atoms with van der Waals surface area (Å²) < 4.78 is 0.972. The number of aromatic amines is 1. The number of fused-ring (bicyclic) bond motifs is 1. The predicted octanol–water partition coefficient (Wildman–Crippen LogP) is -0.617. The summed E-state index contributed by atoms with van der Waals surface area (Å²) in [7, 11) is 0. The minimum atomic E-state index is -0.467. The standard InChI is InChI=1S/C7H5N3O2/c11-6-2-4-8-5-1-3-9-7(12)10(5)6/h1-4H,(H,9,12). The minimum absolute atomic E-state index is 0.353. The summed E-state index contributed by atoms with van der Waals surface area (Å²) >= 11 is 0. The van der Waals surface area contributed by atoms with E-state index in [1.807, 2.05) is 0 Å². The number of nitrogens with one attached hydrogen (secondary N) is 1. The molecule has 0 saturated carbocycles. The number of hydrogen-bond donors (Lipinski definition) is 1. The summed E-state index contributed by atoms with van der Waals surface area (Å²) in [5.41, 5.74) is -0.487. The molecule has 0 bridgehead atoms. The molecule has 0 fully saturated rings. The molecule has 0 saturated heterocycles. The second-order valence-electron chi connectivity index (χ2n) is 2.26. The lowest BCUT2D eigenvalue weighted by Crippen LogP contribution is -2.27. The van der Waals surface area contributed by atoms with Gasteiger partial charge >= 0.3 is 5.69 Å². The molecule has 2 aromatic heterocycles. The van der Waals surface area contributed by atoms with E-state index >= 15 is 0 Å². The van der Waals surface area contributed by atoms with Crippen LogP contribution in [0.3, 0.4) is 0 Å². The monoisotopic (exact) mass is 163 g/mol. The van der Waals surface area contributed by atoms with Crippen molar-refractivity contribution in [2.24, 2.45) is 0 Å². The first-order valence-electron chi connectivity index (χ1n) is 3.34. The maximum absolute atomic E-state index is 11.1. The number of H-pyrrole nitrogens is 1. The van der Waals surface area contributed by atoms with Crippen LogP contribution in [0.1, 0.15) is 0 Å². The first-order valence-corrected chi connectivity index (χ1v) is 3.34. The lowest BCUT2D eigenvalue weighted by molar-refractivity contribution is 0.931. The van der Waals surface area contributed by atoms with Gasteiger partial charge in [0.1, 0.15) is 5.65 Å². The molecule has 60 valence electrons. The topological polar surface area (TPSA) is 67.2 Å². The van der Waals surface area contributed by atoms with E-state index in [9.17, 15) is 9.59 Å². The molecule has 12 heavy (non-hydrogen) atoms. The average Bonchev–Trinajstić information content (AvgIpc) is 2.04. The van der Waals surface area contributed by atoms with Crippen molar-refractivity contribution in [3.05, 3.63) is 45.4 Å². The summed E-state index contributed by atoms with van der Waals surface area (Å²) in [4.78, 5) is 28.4. The van der Waals surface area contributed by atoms with Crippen LogP contribution >= 0.6 is 0 Å². The number of rotatable bonds is 0. The van der Waals surface area contributed by atoms with Gasteiger partial charge in [-0.25, -0.2) is 14.2 Å². The molecular formula is C7H5N3O2. The molecule has 0 atom stereocenters. The highest BCUT2D eigenvalue weighted by Gasteiger charge is 1.97.